The van der Waals surface area contributed by atoms with Gasteiger partial charge in [-0.25, -0.2) is 0 Å². The van der Waals surface area contributed by atoms with E-state index in [0.29, 0.717) is 38.3 Å². The highest BCUT2D eigenvalue weighted by atomic mass is 35.5. The summed E-state index contributed by atoms with van der Waals surface area (Å²) in [5, 5.41) is 3.56. The summed E-state index contributed by atoms with van der Waals surface area (Å²) in [6.45, 7) is 0. The lowest BCUT2D eigenvalue weighted by Gasteiger charge is -2.15. The zero-order valence-corrected chi connectivity index (χ0v) is 13.7. The second kappa shape index (κ2) is 6.20. The van der Waals surface area contributed by atoms with Gasteiger partial charge in [-0.2, -0.15) is 0 Å². The maximum atomic E-state index is 12.0. The van der Waals surface area contributed by atoms with E-state index in [1.807, 2.05) is 18.2 Å². The number of halogens is 2. The van der Waals surface area contributed by atoms with Crippen LogP contribution in [0, 0.1) is 0 Å². The zero-order chi connectivity index (χ0) is 16.6. The molecule has 3 N–H and O–H groups in total. The Morgan fingerprint density at radius 3 is 2.74 bits per heavy atom. The van der Waals surface area contributed by atoms with Crippen molar-refractivity contribution in [2.45, 2.75) is 6.17 Å². The Kier molecular flexibility index (Phi) is 4.26. The van der Waals surface area contributed by atoms with Crippen molar-refractivity contribution in [2.75, 3.05) is 12.4 Å². The largest absolute Gasteiger partial charge is 0.496 e. The first-order chi connectivity index (χ1) is 11.0. The van der Waals surface area contributed by atoms with Crippen LogP contribution >= 0.6 is 23.2 Å². The van der Waals surface area contributed by atoms with Crippen molar-refractivity contribution in [3.05, 3.63) is 57.6 Å². The predicted octanol–water partition coefficient (Wildman–Crippen LogP) is 3.08. The third kappa shape index (κ3) is 2.91. The number of benzene rings is 2. The predicted molar refractivity (Wildman–Crippen MR) is 91.7 cm³/mol. The van der Waals surface area contributed by atoms with E-state index in [1.54, 1.807) is 18.2 Å². The molecule has 23 heavy (non-hydrogen) atoms. The lowest BCUT2D eigenvalue weighted by atomic mass is 9.99. The van der Waals surface area contributed by atoms with E-state index < -0.39 is 12.1 Å². The molecule has 0 aliphatic carbocycles. The van der Waals surface area contributed by atoms with Crippen LogP contribution in [-0.2, 0) is 4.79 Å². The normalized spacial score (nSPS) is 17.0. The van der Waals surface area contributed by atoms with Crippen molar-refractivity contribution in [1.82, 2.24) is 0 Å². The minimum absolute atomic E-state index is 0.365. The van der Waals surface area contributed by atoms with E-state index >= 15 is 0 Å². The van der Waals surface area contributed by atoms with Crippen molar-refractivity contribution >= 4 is 40.5 Å². The lowest BCUT2D eigenvalue weighted by Crippen LogP contribution is -2.33. The first-order valence-electron chi connectivity index (χ1n) is 6.78. The van der Waals surface area contributed by atoms with Crippen LogP contribution in [0.4, 0.5) is 5.69 Å². The molecule has 1 heterocycles. The number of para-hydroxylation sites is 1. The number of ether oxygens (including phenoxy) is 1. The first kappa shape index (κ1) is 15.8. The van der Waals surface area contributed by atoms with Crippen LogP contribution in [0.25, 0.3) is 0 Å². The number of rotatable bonds is 2. The third-order valence-corrected chi connectivity index (χ3v) is 3.97. The van der Waals surface area contributed by atoms with E-state index in [9.17, 15) is 4.79 Å². The molecule has 7 heteroatoms. The number of hydrogen-bond acceptors (Lipinski definition) is 4. The highest BCUT2D eigenvalue weighted by molar-refractivity contribution is 6.39. The fourth-order valence-corrected chi connectivity index (χ4v) is 2.98. The number of nitrogens with one attached hydrogen (secondary N) is 1. The average molecular weight is 350 g/mol. The van der Waals surface area contributed by atoms with Crippen LogP contribution in [0.1, 0.15) is 11.1 Å². The second-order valence-electron chi connectivity index (χ2n) is 4.92. The Balaban J connectivity index is 2.30. The molecule has 0 saturated heterocycles. The van der Waals surface area contributed by atoms with E-state index in [2.05, 4.69) is 10.3 Å². The van der Waals surface area contributed by atoms with Gasteiger partial charge in [-0.3, -0.25) is 9.79 Å². The Bertz CT molecular complexity index is 821. The van der Waals surface area contributed by atoms with Gasteiger partial charge in [0.2, 0.25) is 0 Å². The molecule has 0 unspecified atom stereocenters. The highest BCUT2D eigenvalue weighted by Crippen LogP contribution is 2.35. The summed E-state index contributed by atoms with van der Waals surface area (Å²) < 4.78 is 5.38. The number of amides is 1. The van der Waals surface area contributed by atoms with Gasteiger partial charge in [0.1, 0.15) is 5.75 Å². The molecule has 1 atom stereocenters. The van der Waals surface area contributed by atoms with Gasteiger partial charge in [0, 0.05) is 10.6 Å². The van der Waals surface area contributed by atoms with Gasteiger partial charge < -0.3 is 15.8 Å². The molecule has 118 valence electrons. The number of nitrogens with zero attached hydrogens (tertiary/aromatic N) is 1. The molecule has 0 aromatic heterocycles. The van der Waals surface area contributed by atoms with Gasteiger partial charge in [-0.15, -0.1) is 0 Å². The first-order valence-corrected chi connectivity index (χ1v) is 7.54. The van der Waals surface area contributed by atoms with Crippen LogP contribution in [-0.4, -0.2) is 24.9 Å². The Labute approximate surface area is 143 Å². The van der Waals surface area contributed by atoms with Crippen LogP contribution in [0.2, 0.25) is 10.0 Å². The summed E-state index contributed by atoms with van der Waals surface area (Å²) in [7, 11) is 1.51. The minimum atomic E-state index is -1.05. The molecule has 0 fully saturated rings. The monoisotopic (exact) mass is 349 g/mol. The van der Waals surface area contributed by atoms with Gasteiger partial charge >= 0.3 is 0 Å². The van der Waals surface area contributed by atoms with E-state index in [4.69, 9.17) is 33.7 Å². The number of carbonyl (C=O) groups is 1. The molecule has 0 radical (unpaired) electrons. The topological polar surface area (TPSA) is 76.7 Å². The molecule has 1 aliphatic rings. The number of methoxy groups -OCH3 is 1. The number of aliphatic imine (C=N–C) groups is 1. The van der Waals surface area contributed by atoms with Crippen LogP contribution < -0.4 is 15.8 Å². The zero-order valence-electron chi connectivity index (χ0n) is 12.1. The maximum absolute atomic E-state index is 12.0. The number of nitrogens with two attached hydrogens (primary N) is 1. The quantitative estimate of drug-likeness (QED) is 0.874. The molecule has 2 aromatic carbocycles. The van der Waals surface area contributed by atoms with Gasteiger partial charge in [-0.05, 0) is 18.2 Å². The minimum Gasteiger partial charge on any atom is -0.496 e. The smallest absolute Gasteiger partial charge is 0.263 e. The molecule has 1 amide bonds. The summed E-state index contributed by atoms with van der Waals surface area (Å²) in [6.07, 6.45) is -1.05. The van der Waals surface area contributed by atoms with Crippen molar-refractivity contribution < 1.29 is 9.53 Å². The molecule has 2 aromatic rings. The molecule has 5 nitrogen and oxygen atoms in total. The molecule has 1 aliphatic heterocycles. The number of hydrogen-bond donors (Lipinski definition) is 2. The fourth-order valence-electron chi connectivity index (χ4n) is 2.41. The van der Waals surface area contributed by atoms with Gasteiger partial charge in [0.15, 0.2) is 6.17 Å². The standard InChI is InChI=1S/C16H13Cl2N3O2/c1-23-12-7-8(17)6-10(18)13(12)14-9-4-2-3-5-11(9)20-16(22)15(19)21-14/h2-7,15H,19H2,1H3,(H,20,22)/t15-/m0/s1. The molecular formula is C16H13Cl2N3O2. The van der Waals surface area contributed by atoms with Crippen molar-refractivity contribution in [2.24, 2.45) is 10.7 Å². The summed E-state index contributed by atoms with van der Waals surface area (Å²) >= 11 is 12.4. The number of carbonyl (C=O) groups excluding carboxylic acids is 1. The van der Waals surface area contributed by atoms with Crippen molar-refractivity contribution in [3.63, 3.8) is 0 Å². The summed E-state index contributed by atoms with van der Waals surface area (Å²) in [4.78, 5) is 16.4. The molecule has 0 spiro atoms. The summed E-state index contributed by atoms with van der Waals surface area (Å²) in [6, 6.07) is 10.5. The van der Waals surface area contributed by atoms with Crippen molar-refractivity contribution in [3.8, 4) is 5.75 Å². The van der Waals surface area contributed by atoms with E-state index in [-0.39, 0.29) is 0 Å². The van der Waals surface area contributed by atoms with Gasteiger partial charge in [0.25, 0.3) is 5.91 Å². The summed E-state index contributed by atoms with van der Waals surface area (Å²) in [5.41, 5.74) is 8.18. The molecular weight excluding hydrogens is 337 g/mol. The maximum Gasteiger partial charge on any atom is 0.263 e. The SMILES string of the molecule is COc1cc(Cl)cc(Cl)c1C1=N[C@H](N)C(=O)Nc2ccccc21. The Morgan fingerprint density at radius 2 is 2.00 bits per heavy atom. The van der Waals surface area contributed by atoms with E-state index in [0.717, 1.165) is 0 Å². The van der Waals surface area contributed by atoms with Gasteiger partial charge in [-0.1, -0.05) is 41.4 Å². The fraction of sp³-hybridized carbons (Fsp3) is 0.125. The van der Waals surface area contributed by atoms with Crippen LogP contribution in [0.3, 0.4) is 0 Å². The van der Waals surface area contributed by atoms with Crippen LogP contribution in [0.15, 0.2) is 41.4 Å². The summed E-state index contributed by atoms with van der Waals surface area (Å²) in [5.74, 6) is 0.0640. The Hall–Kier alpha value is -2.08. The third-order valence-electron chi connectivity index (χ3n) is 3.45. The molecule has 0 bridgehead atoms. The number of benzodiazepines with no additional fused rings is 1. The van der Waals surface area contributed by atoms with E-state index in [1.165, 1.54) is 7.11 Å². The second-order valence-corrected chi connectivity index (χ2v) is 5.77. The lowest BCUT2D eigenvalue weighted by molar-refractivity contribution is -0.117. The molecule has 3 rings (SSSR count). The average Bonchev–Trinajstić information content (AvgIpc) is 2.64. The van der Waals surface area contributed by atoms with Gasteiger partial charge in [0.05, 0.1) is 29.1 Å². The highest BCUT2D eigenvalue weighted by Gasteiger charge is 2.26. The number of fused-ring (bicyclic) bond motifs is 1. The number of anilines is 1. The molecule has 0 saturated carbocycles. The Morgan fingerprint density at radius 1 is 1.26 bits per heavy atom. The van der Waals surface area contributed by atoms with Crippen molar-refractivity contribution in [1.29, 1.82) is 0 Å². The van der Waals surface area contributed by atoms with Crippen LogP contribution in [0.5, 0.6) is 5.75 Å².